The molecule has 2 aromatic carbocycles. The number of hydrogen-bond donors (Lipinski definition) is 1. The Hall–Kier alpha value is -1.78. The number of ether oxygens (including phenoxy) is 2. The quantitative estimate of drug-likeness (QED) is 0.911. The van der Waals surface area contributed by atoms with Crippen LogP contribution in [0.15, 0.2) is 36.4 Å². The van der Waals surface area contributed by atoms with Crippen LogP contribution in [0.1, 0.15) is 29.7 Å². The minimum absolute atomic E-state index is 0.219. The van der Waals surface area contributed by atoms with Crippen molar-refractivity contribution in [2.24, 2.45) is 5.73 Å². The summed E-state index contributed by atoms with van der Waals surface area (Å²) >= 11 is 5.95. The summed E-state index contributed by atoms with van der Waals surface area (Å²) < 4.78 is 25.1. The molecular formula is C16H15ClFNO2. The fraction of sp³-hybridized carbons (Fsp3) is 0.250. The predicted molar refractivity (Wildman–Crippen MR) is 79.3 cm³/mol. The van der Waals surface area contributed by atoms with Gasteiger partial charge in [0.05, 0.1) is 7.11 Å². The Morgan fingerprint density at radius 3 is 2.81 bits per heavy atom. The molecule has 3 rings (SSSR count). The van der Waals surface area contributed by atoms with Crippen LogP contribution in [0.3, 0.4) is 0 Å². The average molecular weight is 308 g/mol. The lowest BCUT2D eigenvalue weighted by Gasteiger charge is -2.31. The Bertz CT molecular complexity index is 677. The van der Waals surface area contributed by atoms with Crippen LogP contribution in [-0.2, 0) is 0 Å². The third-order valence-electron chi connectivity index (χ3n) is 3.66. The summed E-state index contributed by atoms with van der Waals surface area (Å²) in [5.74, 6) is 0.952. The zero-order valence-electron chi connectivity index (χ0n) is 11.5. The molecule has 0 amide bonds. The van der Waals surface area contributed by atoms with Crippen molar-refractivity contribution in [3.05, 3.63) is 58.4 Å². The van der Waals surface area contributed by atoms with Crippen molar-refractivity contribution in [2.75, 3.05) is 7.11 Å². The first kappa shape index (κ1) is 14.2. The minimum atomic E-state index is -0.460. The van der Waals surface area contributed by atoms with Gasteiger partial charge >= 0.3 is 0 Å². The summed E-state index contributed by atoms with van der Waals surface area (Å²) in [4.78, 5) is 0. The SMILES string of the molecule is COc1ccc2c(c1)OC(c1cc(Cl)ccc1F)CC2N. The van der Waals surface area contributed by atoms with E-state index in [0.29, 0.717) is 28.5 Å². The van der Waals surface area contributed by atoms with E-state index >= 15 is 0 Å². The molecule has 0 fully saturated rings. The first-order valence-electron chi connectivity index (χ1n) is 6.63. The van der Waals surface area contributed by atoms with Gasteiger partial charge in [0.25, 0.3) is 0 Å². The van der Waals surface area contributed by atoms with E-state index < -0.39 is 6.10 Å². The van der Waals surface area contributed by atoms with Crippen molar-refractivity contribution in [1.82, 2.24) is 0 Å². The molecule has 110 valence electrons. The Morgan fingerprint density at radius 2 is 2.05 bits per heavy atom. The molecule has 2 atom stereocenters. The molecule has 3 nitrogen and oxygen atoms in total. The van der Waals surface area contributed by atoms with Gasteiger partial charge in [0.2, 0.25) is 0 Å². The summed E-state index contributed by atoms with van der Waals surface area (Å²) in [5.41, 5.74) is 7.50. The van der Waals surface area contributed by atoms with Gasteiger partial charge in [-0.25, -0.2) is 4.39 Å². The molecule has 0 aliphatic carbocycles. The highest BCUT2D eigenvalue weighted by Crippen LogP contribution is 2.42. The minimum Gasteiger partial charge on any atom is -0.497 e. The standard InChI is InChI=1S/C16H15ClFNO2/c1-20-10-3-4-11-14(19)8-16(21-15(11)7-10)12-6-9(17)2-5-13(12)18/h2-7,14,16H,8,19H2,1H3. The van der Waals surface area contributed by atoms with Crippen molar-refractivity contribution in [3.8, 4) is 11.5 Å². The highest BCUT2D eigenvalue weighted by Gasteiger charge is 2.29. The number of benzene rings is 2. The van der Waals surface area contributed by atoms with E-state index in [1.54, 1.807) is 19.2 Å². The Morgan fingerprint density at radius 1 is 1.24 bits per heavy atom. The maximum atomic E-state index is 14.0. The van der Waals surface area contributed by atoms with Crippen LogP contribution in [0.2, 0.25) is 5.02 Å². The molecule has 0 spiro atoms. The van der Waals surface area contributed by atoms with Crippen molar-refractivity contribution in [3.63, 3.8) is 0 Å². The van der Waals surface area contributed by atoms with Gasteiger partial charge in [0, 0.05) is 34.7 Å². The number of nitrogens with two attached hydrogens (primary N) is 1. The number of fused-ring (bicyclic) bond motifs is 1. The van der Waals surface area contributed by atoms with Gasteiger partial charge in [-0.3, -0.25) is 0 Å². The molecule has 21 heavy (non-hydrogen) atoms. The second-order valence-corrected chi connectivity index (χ2v) is 5.45. The Labute approximate surface area is 127 Å². The van der Waals surface area contributed by atoms with Crippen LogP contribution in [-0.4, -0.2) is 7.11 Å². The summed E-state index contributed by atoms with van der Waals surface area (Å²) in [6.07, 6.45) is 0.0367. The molecule has 5 heteroatoms. The average Bonchev–Trinajstić information content (AvgIpc) is 2.49. The fourth-order valence-electron chi connectivity index (χ4n) is 2.56. The molecular weight excluding hydrogens is 293 g/mol. The lowest BCUT2D eigenvalue weighted by molar-refractivity contribution is 0.157. The number of rotatable bonds is 2. The van der Waals surface area contributed by atoms with Gasteiger partial charge in [-0.2, -0.15) is 0 Å². The van der Waals surface area contributed by atoms with E-state index in [4.69, 9.17) is 26.8 Å². The number of methoxy groups -OCH3 is 1. The summed E-state index contributed by atoms with van der Waals surface area (Å²) in [6, 6.07) is 9.70. The number of halogens is 2. The normalized spacial score (nSPS) is 20.6. The summed E-state index contributed by atoms with van der Waals surface area (Å²) in [5, 5.41) is 0.472. The molecule has 1 aliphatic rings. The van der Waals surface area contributed by atoms with Gasteiger partial charge in [0.1, 0.15) is 23.4 Å². The molecule has 0 radical (unpaired) electrons. The van der Waals surface area contributed by atoms with Crippen molar-refractivity contribution in [2.45, 2.75) is 18.6 Å². The van der Waals surface area contributed by atoms with Crippen molar-refractivity contribution < 1.29 is 13.9 Å². The second kappa shape index (κ2) is 5.54. The molecule has 0 saturated carbocycles. The van der Waals surface area contributed by atoms with Crippen LogP contribution in [0.25, 0.3) is 0 Å². The Balaban J connectivity index is 1.98. The summed E-state index contributed by atoms with van der Waals surface area (Å²) in [7, 11) is 1.58. The molecule has 0 saturated heterocycles. The highest BCUT2D eigenvalue weighted by atomic mass is 35.5. The molecule has 1 aliphatic heterocycles. The van der Waals surface area contributed by atoms with Gasteiger partial charge < -0.3 is 15.2 Å². The zero-order chi connectivity index (χ0) is 15.0. The fourth-order valence-corrected chi connectivity index (χ4v) is 2.74. The number of hydrogen-bond acceptors (Lipinski definition) is 3. The lowest BCUT2D eigenvalue weighted by atomic mass is 9.93. The van der Waals surface area contributed by atoms with Crippen LogP contribution < -0.4 is 15.2 Å². The predicted octanol–water partition coefficient (Wildman–Crippen LogP) is 4.01. The van der Waals surface area contributed by atoms with E-state index in [9.17, 15) is 4.39 Å². The molecule has 2 aromatic rings. The second-order valence-electron chi connectivity index (χ2n) is 5.02. The molecule has 2 unspecified atom stereocenters. The van der Waals surface area contributed by atoms with Gasteiger partial charge in [-0.1, -0.05) is 17.7 Å². The van der Waals surface area contributed by atoms with Gasteiger partial charge in [-0.05, 0) is 24.3 Å². The van der Waals surface area contributed by atoms with E-state index in [1.807, 2.05) is 12.1 Å². The smallest absolute Gasteiger partial charge is 0.130 e. The monoisotopic (exact) mass is 307 g/mol. The zero-order valence-corrected chi connectivity index (χ0v) is 12.2. The first-order chi connectivity index (χ1) is 10.1. The van der Waals surface area contributed by atoms with Crippen LogP contribution in [0.4, 0.5) is 4.39 Å². The van der Waals surface area contributed by atoms with Crippen LogP contribution in [0.5, 0.6) is 11.5 Å². The van der Waals surface area contributed by atoms with E-state index in [2.05, 4.69) is 0 Å². The van der Waals surface area contributed by atoms with Gasteiger partial charge in [-0.15, -0.1) is 0 Å². The highest BCUT2D eigenvalue weighted by molar-refractivity contribution is 6.30. The van der Waals surface area contributed by atoms with Crippen molar-refractivity contribution in [1.29, 1.82) is 0 Å². The Kier molecular flexibility index (Phi) is 3.74. The molecule has 1 heterocycles. The van der Waals surface area contributed by atoms with E-state index in [1.165, 1.54) is 12.1 Å². The summed E-state index contributed by atoms with van der Waals surface area (Å²) in [6.45, 7) is 0. The van der Waals surface area contributed by atoms with Gasteiger partial charge in [0.15, 0.2) is 0 Å². The lowest BCUT2D eigenvalue weighted by Crippen LogP contribution is -2.24. The van der Waals surface area contributed by atoms with E-state index in [0.717, 1.165) is 5.56 Å². The van der Waals surface area contributed by atoms with E-state index in [-0.39, 0.29) is 11.9 Å². The largest absolute Gasteiger partial charge is 0.497 e. The molecule has 0 aromatic heterocycles. The third kappa shape index (κ3) is 2.69. The topological polar surface area (TPSA) is 44.5 Å². The maximum Gasteiger partial charge on any atom is 0.130 e. The van der Waals surface area contributed by atoms with Crippen LogP contribution >= 0.6 is 11.6 Å². The third-order valence-corrected chi connectivity index (χ3v) is 3.90. The van der Waals surface area contributed by atoms with Crippen molar-refractivity contribution >= 4 is 11.6 Å². The molecule has 0 bridgehead atoms. The maximum absolute atomic E-state index is 14.0. The first-order valence-corrected chi connectivity index (χ1v) is 7.01. The molecule has 2 N–H and O–H groups in total. The van der Waals surface area contributed by atoms with Crippen LogP contribution in [0, 0.1) is 5.82 Å².